The van der Waals surface area contributed by atoms with Crippen LogP contribution in [0.4, 0.5) is 11.4 Å². The minimum Gasteiger partial charge on any atom is -0.494 e. The Morgan fingerprint density at radius 2 is 1.72 bits per heavy atom. The number of ether oxygens (including phenoxy) is 2. The van der Waals surface area contributed by atoms with Crippen molar-refractivity contribution in [3.8, 4) is 5.75 Å². The summed E-state index contributed by atoms with van der Waals surface area (Å²) in [6, 6.07) is 11.4. The standard InChI is InChI=1S/C34H45N3O6/c1-7-20(4)25(19-38)37-29(31(40)36-28-21(5)11-10-12-22(28)6)34-18-17-33(8-2,43-34)26(27(34)32(37)41)30(39)35-23-13-15-24(16-14-23)42-9-3/h10-16,20,25-27,29,38H,7-9,17-19H2,1-6H3,(H,35,39)(H,36,40)/t20-,25-,26-,27-,29?,33+,34?/m0/s1. The number of likely N-dealkylation sites (tertiary alicyclic amines) is 1. The van der Waals surface area contributed by atoms with Crippen molar-refractivity contribution in [3.63, 3.8) is 0 Å². The predicted octanol–water partition coefficient (Wildman–Crippen LogP) is 4.84. The van der Waals surface area contributed by atoms with E-state index < -0.39 is 35.1 Å². The normalized spacial score (nSPS) is 28.9. The average molecular weight is 592 g/mol. The zero-order chi connectivity index (χ0) is 31.1. The van der Waals surface area contributed by atoms with Gasteiger partial charge in [-0.3, -0.25) is 14.4 Å². The van der Waals surface area contributed by atoms with Crippen molar-refractivity contribution in [1.29, 1.82) is 0 Å². The molecule has 2 aromatic carbocycles. The highest BCUT2D eigenvalue weighted by Crippen LogP contribution is 2.65. The van der Waals surface area contributed by atoms with Crippen LogP contribution in [-0.2, 0) is 19.1 Å². The van der Waals surface area contributed by atoms with E-state index in [1.54, 1.807) is 29.2 Å². The highest BCUT2D eigenvalue weighted by molar-refractivity contribution is 6.05. The molecule has 1 spiro atoms. The predicted molar refractivity (Wildman–Crippen MR) is 165 cm³/mol. The number of carbonyl (C=O) groups is 3. The van der Waals surface area contributed by atoms with E-state index in [1.165, 1.54) is 0 Å². The first-order valence-electron chi connectivity index (χ1n) is 15.6. The van der Waals surface area contributed by atoms with Crippen LogP contribution in [0.3, 0.4) is 0 Å². The van der Waals surface area contributed by atoms with Crippen molar-refractivity contribution >= 4 is 29.1 Å². The third-order valence-corrected chi connectivity index (χ3v) is 10.2. The molecule has 43 heavy (non-hydrogen) atoms. The number of anilines is 2. The molecule has 2 unspecified atom stereocenters. The molecule has 3 fully saturated rings. The van der Waals surface area contributed by atoms with Gasteiger partial charge in [0, 0.05) is 11.4 Å². The highest BCUT2D eigenvalue weighted by Gasteiger charge is 2.79. The van der Waals surface area contributed by atoms with E-state index in [9.17, 15) is 19.5 Å². The van der Waals surface area contributed by atoms with Gasteiger partial charge in [0.1, 0.15) is 17.4 Å². The Kier molecular flexibility index (Phi) is 8.60. The van der Waals surface area contributed by atoms with Crippen LogP contribution >= 0.6 is 0 Å². The Morgan fingerprint density at radius 3 is 2.30 bits per heavy atom. The van der Waals surface area contributed by atoms with Crippen molar-refractivity contribution < 1.29 is 29.0 Å². The molecule has 7 atom stereocenters. The highest BCUT2D eigenvalue weighted by atomic mass is 16.5. The molecule has 0 aromatic heterocycles. The molecule has 3 aliphatic heterocycles. The Labute approximate surface area is 254 Å². The number of fused-ring (bicyclic) bond motifs is 1. The van der Waals surface area contributed by atoms with Crippen LogP contribution in [-0.4, -0.2) is 64.2 Å². The number of hydrogen-bond acceptors (Lipinski definition) is 6. The molecule has 0 saturated carbocycles. The average Bonchev–Trinajstić information content (AvgIpc) is 3.60. The van der Waals surface area contributed by atoms with E-state index >= 15 is 0 Å². The number of nitrogens with zero attached hydrogens (tertiary/aromatic N) is 1. The fourth-order valence-corrected chi connectivity index (χ4v) is 7.75. The minimum absolute atomic E-state index is 0.0758. The lowest BCUT2D eigenvalue weighted by atomic mass is 9.65. The molecular formula is C34H45N3O6. The lowest BCUT2D eigenvalue weighted by molar-refractivity contribution is -0.149. The van der Waals surface area contributed by atoms with Crippen molar-refractivity contribution in [2.45, 2.75) is 90.5 Å². The summed E-state index contributed by atoms with van der Waals surface area (Å²) in [6.07, 6.45) is 2.27. The largest absolute Gasteiger partial charge is 0.494 e. The quantitative estimate of drug-likeness (QED) is 0.344. The van der Waals surface area contributed by atoms with Crippen LogP contribution in [0.5, 0.6) is 5.75 Å². The van der Waals surface area contributed by atoms with E-state index in [2.05, 4.69) is 10.6 Å². The zero-order valence-corrected chi connectivity index (χ0v) is 26.1. The van der Waals surface area contributed by atoms with Crippen LogP contribution in [0.2, 0.25) is 0 Å². The molecule has 2 bridgehead atoms. The fourth-order valence-electron chi connectivity index (χ4n) is 7.75. The monoisotopic (exact) mass is 591 g/mol. The van der Waals surface area contributed by atoms with Crippen LogP contribution in [0, 0.1) is 31.6 Å². The summed E-state index contributed by atoms with van der Waals surface area (Å²) in [5, 5.41) is 16.7. The number of carbonyl (C=O) groups excluding carboxylic acids is 3. The molecule has 9 heteroatoms. The summed E-state index contributed by atoms with van der Waals surface area (Å²) in [5.74, 6) is -1.97. The first kappa shape index (κ1) is 31.0. The van der Waals surface area contributed by atoms with Gasteiger partial charge in [0.15, 0.2) is 0 Å². The summed E-state index contributed by atoms with van der Waals surface area (Å²) < 4.78 is 12.4. The smallest absolute Gasteiger partial charge is 0.250 e. The maximum Gasteiger partial charge on any atom is 0.250 e. The van der Waals surface area contributed by atoms with Crippen LogP contribution < -0.4 is 15.4 Å². The molecule has 2 aromatic rings. The Morgan fingerprint density at radius 1 is 1.05 bits per heavy atom. The number of aryl methyl sites for hydroxylation is 2. The maximum atomic E-state index is 14.6. The number of nitrogens with one attached hydrogen (secondary N) is 2. The second-order valence-electron chi connectivity index (χ2n) is 12.4. The molecule has 3 saturated heterocycles. The van der Waals surface area contributed by atoms with E-state index in [-0.39, 0.29) is 30.2 Å². The second kappa shape index (κ2) is 11.9. The summed E-state index contributed by atoms with van der Waals surface area (Å²) in [4.78, 5) is 44.7. The lowest BCUT2D eigenvalue weighted by Crippen LogP contribution is -2.57. The van der Waals surface area contributed by atoms with Crippen LogP contribution in [0.25, 0.3) is 0 Å². The van der Waals surface area contributed by atoms with Gasteiger partial charge in [-0.15, -0.1) is 0 Å². The first-order valence-corrected chi connectivity index (χ1v) is 15.6. The molecule has 3 N–H and O–H groups in total. The summed E-state index contributed by atoms with van der Waals surface area (Å²) in [7, 11) is 0. The summed E-state index contributed by atoms with van der Waals surface area (Å²) in [5.41, 5.74) is 1.06. The van der Waals surface area contributed by atoms with Crippen molar-refractivity contribution in [1.82, 2.24) is 4.90 Å². The van der Waals surface area contributed by atoms with E-state index in [1.807, 2.05) is 59.7 Å². The van der Waals surface area contributed by atoms with Crippen molar-refractivity contribution in [2.75, 3.05) is 23.8 Å². The van der Waals surface area contributed by atoms with E-state index in [0.29, 0.717) is 49.4 Å². The number of aliphatic hydroxyl groups excluding tert-OH is 1. The van der Waals surface area contributed by atoms with E-state index in [4.69, 9.17) is 9.47 Å². The van der Waals surface area contributed by atoms with E-state index in [0.717, 1.165) is 11.1 Å². The molecule has 3 aliphatic rings. The van der Waals surface area contributed by atoms with Gasteiger partial charge >= 0.3 is 0 Å². The molecule has 9 nitrogen and oxygen atoms in total. The SMILES string of the molecule is CCOc1ccc(NC(=O)[C@@H]2[C@H]3C(=O)N([C@@H](CO)[C@@H](C)CC)C(C(=O)Nc4c(C)cccc4C)C34CC[C@@]2(CC)O4)cc1. The van der Waals surface area contributed by atoms with Crippen LogP contribution in [0.1, 0.15) is 64.5 Å². The van der Waals surface area contributed by atoms with Crippen LogP contribution in [0.15, 0.2) is 42.5 Å². The molecule has 5 rings (SSSR count). The first-order chi connectivity index (χ1) is 20.6. The Hall–Kier alpha value is -3.43. The fraction of sp³-hybridized carbons (Fsp3) is 0.559. The number of rotatable bonds is 11. The summed E-state index contributed by atoms with van der Waals surface area (Å²) in [6.45, 7) is 12.0. The molecule has 0 radical (unpaired) electrons. The van der Waals surface area contributed by atoms with Gasteiger partial charge in [0.25, 0.3) is 0 Å². The van der Waals surface area contributed by atoms with Gasteiger partial charge in [-0.05, 0) is 81.3 Å². The molecule has 3 heterocycles. The summed E-state index contributed by atoms with van der Waals surface area (Å²) >= 11 is 0. The second-order valence-corrected chi connectivity index (χ2v) is 12.4. The number of para-hydroxylation sites is 1. The van der Waals surface area contributed by atoms with Crippen molar-refractivity contribution in [3.05, 3.63) is 53.6 Å². The number of aliphatic hydroxyl groups is 1. The molecule has 0 aliphatic carbocycles. The minimum atomic E-state index is -1.19. The molecular weight excluding hydrogens is 546 g/mol. The van der Waals surface area contributed by atoms with Gasteiger partial charge in [-0.25, -0.2) is 0 Å². The van der Waals surface area contributed by atoms with Gasteiger partial charge in [0.2, 0.25) is 17.7 Å². The third-order valence-electron chi connectivity index (χ3n) is 10.2. The zero-order valence-electron chi connectivity index (χ0n) is 26.1. The van der Waals surface area contributed by atoms with Gasteiger partial charge in [-0.2, -0.15) is 0 Å². The van der Waals surface area contributed by atoms with Gasteiger partial charge < -0.3 is 30.1 Å². The molecule has 3 amide bonds. The topological polar surface area (TPSA) is 117 Å². The number of hydrogen-bond donors (Lipinski definition) is 3. The van der Waals surface area contributed by atoms with Gasteiger partial charge in [0.05, 0.1) is 36.7 Å². The third kappa shape index (κ3) is 5.00. The number of amides is 3. The Bertz CT molecular complexity index is 1360. The van der Waals surface area contributed by atoms with Crippen molar-refractivity contribution in [2.24, 2.45) is 17.8 Å². The maximum absolute atomic E-state index is 14.6. The lowest BCUT2D eigenvalue weighted by Gasteiger charge is -2.39. The number of benzene rings is 2. The Balaban J connectivity index is 1.56. The van der Waals surface area contributed by atoms with Gasteiger partial charge in [-0.1, -0.05) is 45.4 Å². The molecule has 232 valence electrons.